The Morgan fingerprint density at radius 2 is 1.76 bits per heavy atom. The van der Waals surface area contributed by atoms with Gasteiger partial charge in [-0.15, -0.1) is 0 Å². The van der Waals surface area contributed by atoms with E-state index < -0.39 is 27.4 Å². The first-order chi connectivity index (χ1) is 9.59. The zero-order valence-corrected chi connectivity index (χ0v) is 13.6. The lowest BCUT2D eigenvalue weighted by Gasteiger charge is -2.29. The van der Waals surface area contributed by atoms with E-state index in [1.165, 1.54) is 0 Å². The van der Waals surface area contributed by atoms with Crippen molar-refractivity contribution in [1.82, 2.24) is 15.6 Å². The summed E-state index contributed by atoms with van der Waals surface area (Å²) in [5.41, 5.74) is 5.82. The second-order valence-electron chi connectivity index (χ2n) is 6.02. The second-order valence-corrected chi connectivity index (χ2v) is 7.80. The molecular weight excluding hydrogens is 290 g/mol. The molecule has 1 rings (SSSR count). The van der Waals surface area contributed by atoms with E-state index in [-0.39, 0.29) is 0 Å². The summed E-state index contributed by atoms with van der Waals surface area (Å²) in [6, 6.07) is 8.72. The molecule has 0 saturated carbocycles. The van der Waals surface area contributed by atoms with Crippen LogP contribution in [-0.2, 0) is 21.4 Å². The van der Waals surface area contributed by atoms with Crippen LogP contribution in [0.25, 0.3) is 0 Å². The molecule has 6 nitrogen and oxygen atoms in total. The van der Waals surface area contributed by atoms with Crippen molar-refractivity contribution in [2.45, 2.75) is 33.4 Å². The Kier molecular flexibility index (Phi) is 5.88. The van der Waals surface area contributed by atoms with Gasteiger partial charge >= 0.3 is 0 Å². The van der Waals surface area contributed by atoms with Gasteiger partial charge in [0.25, 0.3) is 5.91 Å². The third kappa shape index (κ3) is 6.70. The van der Waals surface area contributed by atoms with Crippen molar-refractivity contribution in [3.8, 4) is 0 Å². The van der Waals surface area contributed by atoms with Crippen molar-refractivity contribution in [3.63, 3.8) is 0 Å². The van der Waals surface area contributed by atoms with Crippen LogP contribution in [0.4, 0.5) is 0 Å². The van der Waals surface area contributed by atoms with Gasteiger partial charge in [0, 0.05) is 6.54 Å². The average Bonchev–Trinajstić information content (AvgIpc) is 2.35. The van der Waals surface area contributed by atoms with Crippen molar-refractivity contribution in [2.24, 2.45) is 5.41 Å². The Morgan fingerprint density at radius 1 is 1.19 bits per heavy atom. The first-order valence-electron chi connectivity index (χ1n) is 6.63. The summed E-state index contributed by atoms with van der Waals surface area (Å²) in [7, 11) is -3.47. The Hall–Kier alpha value is -1.44. The maximum Gasteiger partial charge on any atom is 0.252 e. The second kappa shape index (κ2) is 7.02. The quantitative estimate of drug-likeness (QED) is 0.677. The molecule has 0 aromatic heterocycles. The number of nitrogens with one attached hydrogen (secondary N) is 3. The van der Waals surface area contributed by atoms with E-state index in [4.69, 9.17) is 0 Å². The monoisotopic (exact) mass is 313 g/mol. The molecule has 3 N–H and O–H groups in total. The largest absolute Gasteiger partial charge is 0.290 e. The SMILES string of the molecule is CC(C)(C)[C@H](NS(C)(=O)=O)C(=O)NNCc1ccccc1. The number of rotatable bonds is 6. The van der Waals surface area contributed by atoms with Gasteiger partial charge in [-0.3, -0.25) is 10.2 Å². The number of carbonyl (C=O) groups is 1. The lowest BCUT2D eigenvalue weighted by Crippen LogP contribution is -2.55. The molecule has 118 valence electrons. The Bertz CT molecular complexity index is 565. The van der Waals surface area contributed by atoms with Crippen molar-refractivity contribution in [3.05, 3.63) is 35.9 Å². The van der Waals surface area contributed by atoms with Gasteiger partial charge in [0.2, 0.25) is 10.0 Å². The average molecular weight is 313 g/mol. The number of carbonyl (C=O) groups excluding carboxylic acids is 1. The zero-order valence-electron chi connectivity index (χ0n) is 12.8. The summed E-state index contributed by atoms with van der Waals surface area (Å²) in [4.78, 5) is 12.2. The molecule has 0 aliphatic rings. The number of hydrogen-bond donors (Lipinski definition) is 3. The summed E-state index contributed by atoms with van der Waals surface area (Å²) in [5, 5.41) is 0. The van der Waals surface area contributed by atoms with Crippen LogP contribution in [0, 0.1) is 5.41 Å². The van der Waals surface area contributed by atoms with Crippen LogP contribution < -0.4 is 15.6 Å². The standard InChI is InChI=1S/C14H23N3O3S/c1-14(2,3)12(17-21(4,19)20)13(18)16-15-10-11-8-6-5-7-9-11/h5-9,12,15,17H,10H2,1-4H3,(H,16,18)/t12-/m1/s1. The summed E-state index contributed by atoms with van der Waals surface area (Å²) in [6.07, 6.45) is 1.04. The van der Waals surface area contributed by atoms with Crippen LogP contribution in [-0.4, -0.2) is 26.6 Å². The van der Waals surface area contributed by atoms with Gasteiger partial charge in [0.05, 0.1) is 6.26 Å². The fourth-order valence-corrected chi connectivity index (χ4v) is 2.63. The van der Waals surface area contributed by atoms with E-state index in [9.17, 15) is 13.2 Å². The smallest absolute Gasteiger partial charge is 0.252 e. The molecule has 0 unspecified atom stereocenters. The van der Waals surface area contributed by atoms with Gasteiger partial charge in [-0.2, -0.15) is 0 Å². The van der Waals surface area contributed by atoms with E-state index >= 15 is 0 Å². The lowest BCUT2D eigenvalue weighted by atomic mass is 9.87. The highest BCUT2D eigenvalue weighted by atomic mass is 32.2. The molecule has 0 aliphatic carbocycles. The number of hydrogen-bond acceptors (Lipinski definition) is 4. The van der Waals surface area contributed by atoms with E-state index in [2.05, 4.69) is 15.6 Å². The minimum atomic E-state index is -3.47. The zero-order chi connectivity index (χ0) is 16.1. The molecule has 1 amide bonds. The number of hydrazine groups is 1. The Balaban J connectivity index is 2.61. The summed E-state index contributed by atoms with van der Waals surface area (Å²) in [5.74, 6) is -0.413. The maximum absolute atomic E-state index is 12.2. The minimum absolute atomic E-state index is 0.413. The van der Waals surface area contributed by atoms with Crippen molar-refractivity contribution in [1.29, 1.82) is 0 Å². The van der Waals surface area contributed by atoms with Gasteiger partial charge in [0.1, 0.15) is 6.04 Å². The maximum atomic E-state index is 12.2. The number of benzene rings is 1. The Morgan fingerprint density at radius 3 is 2.24 bits per heavy atom. The Labute approximate surface area is 126 Å². The number of amides is 1. The van der Waals surface area contributed by atoms with Crippen molar-refractivity contribution >= 4 is 15.9 Å². The van der Waals surface area contributed by atoms with Crippen LogP contribution in [0.3, 0.4) is 0 Å². The molecule has 1 atom stereocenters. The molecule has 21 heavy (non-hydrogen) atoms. The van der Waals surface area contributed by atoms with E-state index in [0.29, 0.717) is 6.54 Å². The molecule has 0 aliphatic heterocycles. The molecular formula is C14H23N3O3S. The molecule has 1 aromatic rings. The molecule has 0 bridgehead atoms. The molecule has 0 saturated heterocycles. The van der Waals surface area contributed by atoms with E-state index in [1.54, 1.807) is 20.8 Å². The topological polar surface area (TPSA) is 87.3 Å². The predicted octanol–water partition coefficient (Wildman–Crippen LogP) is 0.771. The molecule has 0 heterocycles. The fraction of sp³-hybridized carbons (Fsp3) is 0.500. The van der Waals surface area contributed by atoms with Gasteiger partial charge in [-0.25, -0.2) is 18.6 Å². The van der Waals surface area contributed by atoms with Gasteiger partial charge in [-0.1, -0.05) is 51.1 Å². The predicted molar refractivity (Wildman–Crippen MR) is 82.6 cm³/mol. The lowest BCUT2D eigenvalue weighted by molar-refractivity contribution is -0.126. The summed E-state index contributed by atoms with van der Waals surface area (Å²) in [6.45, 7) is 5.86. The van der Waals surface area contributed by atoms with Crippen LogP contribution in [0.5, 0.6) is 0 Å². The van der Waals surface area contributed by atoms with Gasteiger partial charge in [-0.05, 0) is 11.0 Å². The molecule has 7 heteroatoms. The van der Waals surface area contributed by atoms with E-state index in [1.807, 2.05) is 30.3 Å². The van der Waals surface area contributed by atoms with Crippen LogP contribution >= 0.6 is 0 Å². The third-order valence-electron chi connectivity index (χ3n) is 2.81. The van der Waals surface area contributed by atoms with Gasteiger partial charge in [0.15, 0.2) is 0 Å². The third-order valence-corrected chi connectivity index (χ3v) is 3.47. The minimum Gasteiger partial charge on any atom is -0.290 e. The summed E-state index contributed by atoms with van der Waals surface area (Å²) < 4.78 is 25.1. The highest BCUT2D eigenvalue weighted by Crippen LogP contribution is 2.19. The molecule has 1 aromatic carbocycles. The summed E-state index contributed by atoms with van der Waals surface area (Å²) >= 11 is 0. The molecule has 0 fully saturated rings. The number of sulfonamides is 1. The fourth-order valence-electron chi connectivity index (χ4n) is 1.74. The van der Waals surface area contributed by atoms with Crippen LogP contribution in [0.15, 0.2) is 30.3 Å². The molecule has 0 radical (unpaired) electrons. The highest BCUT2D eigenvalue weighted by molar-refractivity contribution is 7.88. The first-order valence-corrected chi connectivity index (χ1v) is 8.53. The van der Waals surface area contributed by atoms with Crippen molar-refractivity contribution in [2.75, 3.05) is 6.26 Å². The van der Waals surface area contributed by atoms with Crippen LogP contribution in [0.2, 0.25) is 0 Å². The van der Waals surface area contributed by atoms with E-state index in [0.717, 1.165) is 11.8 Å². The highest BCUT2D eigenvalue weighted by Gasteiger charge is 2.33. The first kappa shape index (κ1) is 17.6. The van der Waals surface area contributed by atoms with Crippen molar-refractivity contribution < 1.29 is 13.2 Å². The molecule has 0 spiro atoms. The van der Waals surface area contributed by atoms with Crippen LogP contribution in [0.1, 0.15) is 26.3 Å². The van der Waals surface area contributed by atoms with Gasteiger partial charge < -0.3 is 0 Å². The normalized spacial score (nSPS) is 13.7.